The van der Waals surface area contributed by atoms with E-state index in [1.807, 2.05) is 0 Å². The summed E-state index contributed by atoms with van der Waals surface area (Å²) in [5.41, 5.74) is -1.62. The van der Waals surface area contributed by atoms with Gasteiger partial charge in [-0.25, -0.2) is 0 Å². The van der Waals surface area contributed by atoms with Gasteiger partial charge in [0, 0.05) is 10.6 Å². The van der Waals surface area contributed by atoms with Crippen molar-refractivity contribution >= 4 is 28.5 Å². The minimum absolute atomic E-state index is 0.0735. The molecule has 0 aliphatic rings. The quantitative estimate of drug-likeness (QED) is 0.938. The zero-order chi connectivity index (χ0) is 15.8. The number of carboxylic acid groups (broad SMARTS) is 1. The Morgan fingerprint density at radius 2 is 2.05 bits per heavy atom. The molecule has 1 N–H and O–H groups in total. The maximum Gasteiger partial charge on any atom is 0.396 e. The molecule has 0 spiro atoms. The number of halogens is 4. The maximum absolute atomic E-state index is 13.0. The first-order chi connectivity index (χ1) is 9.70. The van der Waals surface area contributed by atoms with Crippen LogP contribution in [0.1, 0.15) is 17.9 Å². The largest absolute Gasteiger partial charge is 0.481 e. The summed E-state index contributed by atoms with van der Waals surface area (Å²) in [5.74, 6) is -4.10. The molecule has 1 atom stereocenters. The van der Waals surface area contributed by atoms with E-state index in [0.29, 0.717) is 6.26 Å². The van der Waals surface area contributed by atoms with E-state index in [2.05, 4.69) is 0 Å². The van der Waals surface area contributed by atoms with Crippen LogP contribution in [0.4, 0.5) is 13.2 Å². The number of aliphatic carboxylic acids is 1. The molecule has 8 heteroatoms. The first-order valence-electron chi connectivity index (χ1n) is 5.69. The van der Waals surface area contributed by atoms with Crippen LogP contribution in [0.3, 0.4) is 0 Å². The van der Waals surface area contributed by atoms with Crippen molar-refractivity contribution in [1.82, 2.24) is 0 Å². The van der Waals surface area contributed by atoms with Gasteiger partial charge in [0.15, 0.2) is 5.43 Å². The minimum Gasteiger partial charge on any atom is -0.481 e. The number of rotatable bonds is 3. The number of fused-ring (bicyclic) bond motifs is 1. The number of hydrogen-bond donors (Lipinski definition) is 1. The van der Waals surface area contributed by atoms with Gasteiger partial charge in [0.05, 0.1) is 24.0 Å². The smallest absolute Gasteiger partial charge is 0.396 e. The van der Waals surface area contributed by atoms with Crippen molar-refractivity contribution < 1.29 is 27.5 Å². The molecule has 21 heavy (non-hydrogen) atoms. The summed E-state index contributed by atoms with van der Waals surface area (Å²) in [5, 5.41) is 8.64. The van der Waals surface area contributed by atoms with Crippen LogP contribution in [0.5, 0.6) is 0 Å². The lowest BCUT2D eigenvalue weighted by atomic mass is 9.95. The fraction of sp³-hybridized carbons (Fsp3) is 0.231. The molecule has 0 bridgehead atoms. The van der Waals surface area contributed by atoms with Crippen LogP contribution < -0.4 is 5.43 Å². The van der Waals surface area contributed by atoms with E-state index < -0.39 is 35.5 Å². The summed E-state index contributed by atoms with van der Waals surface area (Å²) in [6.45, 7) is 0. The Morgan fingerprint density at radius 3 is 2.62 bits per heavy atom. The molecule has 0 saturated heterocycles. The highest BCUT2D eigenvalue weighted by atomic mass is 35.5. The predicted molar refractivity (Wildman–Crippen MR) is 68.5 cm³/mol. The van der Waals surface area contributed by atoms with Crippen LogP contribution in [-0.2, 0) is 4.79 Å². The lowest BCUT2D eigenvalue weighted by molar-refractivity contribution is -0.163. The van der Waals surface area contributed by atoms with Crippen LogP contribution in [0, 0.1) is 0 Å². The molecule has 1 heterocycles. The molecule has 0 amide bonds. The van der Waals surface area contributed by atoms with Gasteiger partial charge in [0.25, 0.3) is 0 Å². The van der Waals surface area contributed by atoms with E-state index in [9.17, 15) is 22.8 Å². The number of benzene rings is 1. The van der Waals surface area contributed by atoms with Gasteiger partial charge in [-0.3, -0.25) is 9.59 Å². The van der Waals surface area contributed by atoms with Crippen LogP contribution in [0.15, 0.2) is 33.7 Å². The topological polar surface area (TPSA) is 67.5 Å². The van der Waals surface area contributed by atoms with E-state index in [1.165, 1.54) is 18.2 Å². The van der Waals surface area contributed by atoms with E-state index in [-0.39, 0.29) is 16.0 Å². The second kappa shape index (κ2) is 5.40. The number of carboxylic acids is 1. The highest BCUT2D eigenvalue weighted by molar-refractivity contribution is 6.31. The van der Waals surface area contributed by atoms with Gasteiger partial charge in [-0.1, -0.05) is 11.6 Å². The predicted octanol–water partition coefficient (Wildman–Crippen LogP) is 3.57. The molecule has 0 aliphatic carbocycles. The molecule has 0 aliphatic heterocycles. The molecule has 0 radical (unpaired) electrons. The van der Waals surface area contributed by atoms with Crippen molar-refractivity contribution in [2.45, 2.75) is 18.5 Å². The van der Waals surface area contributed by atoms with E-state index in [0.717, 1.165) is 0 Å². The molecule has 0 saturated carbocycles. The zero-order valence-electron chi connectivity index (χ0n) is 10.3. The second-order valence-electron chi connectivity index (χ2n) is 4.35. The normalized spacial score (nSPS) is 13.3. The fourth-order valence-corrected chi connectivity index (χ4v) is 2.11. The lowest BCUT2D eigenvalue weighted by Crippen LogP contribution is -2.28. The van der Waals surface area contributed by atoms with Gasteiger partial charge in [0.2, 0.25) is 0 Å². The SMILES string of the molecule is O=C(O)CC(c1coc2ccc(Cl)cc2c1=O)C(F)(F)F. The molecule has 1 unspecified atom stereocenters. The number of alkyl halides is 3. The fourth-order valence-electron chi connectivity index (χ4n) is 1.94. The Balaban J connectivity index is 2.66. The third kappa shape index (κ3) is 3.18. The van der Waals surface area contributed by atoms with Crippen molar-refractivity contribution in [3.8, 4) is 0 Å². The second-order valence-corrected chi connectivity index (χ2v) is 4.79. The molecule has 2 aromatic rings. The van der Waals surface area contributed by atoms with Gasteiger partial charge >= 0.3 is 12.1 Å². The summed E-state index contributed by atoms with van der Waals surface area (Å²) in [6, 6.07) is 3.95. The Kier molecular flexibility index (Phi) is 3.95. The first kappa shape index (κ1) is 15.4. The Bertz CT molecular complexity index is 751. The molecular weight excluding hydrogens is 313 g/mol. The summed E-state index contributed by atoms with van der Waals surface area (Å²) in [6.07, 6.45) is -5.47. The van der Waals surface area contributed by atoms with Crippen molar-refractivity contribution in [3.05, 3.63) is 45.3 Å². The molecule has 4 nitrogen and oxygen atoms in total. The molecule has 0 fully saturated rings. The third-order valence-electron chi connectivity index (χ3n) is 2.91. The van der Waals surface area contributed by atoms with Gasteiger partial charge in [0.1, 0.15) is 5.58 Å². The van der Waals surface area contributed by atoms with E-state index >= 15 is 0 Å². The van der Waals surface area contributed by atoms with Crippen molar-refractivity contribution in [2.75, 3.05) is 0 Å². The zero-order valence-corrected chi connectivity index (χ0v) is 11.0. The average molecular weight is 321 g/mol. The number of carbonyl (C=O) groups is 1. The maximum atomic E-state index is 13.0. The molecular formula is C13H8ClF3O4. The van der Waals surface area contributed by atoms with Crippen LogP contribution >= 0.6 is 11.6 Å². The molecule has 112 valence electrons. The standard InChI is InChI=1S/C13H8ClF3O4/c14-6-1-2-10-7(3-6)12(20)8(5-21-10)9(4-11(18)19)13(15,16)17/h1-3,5,9H,4H2,(H,18,19). The Labute approximate surface area is 120 Å². The molecule has 1 aromatic heterocycles. The number of hydrogen-bond acceptors (Lipinski definition) is 3. The van der Waals surface area contributed by atoms with Gasteiger partial charge < -0.3 is 9.52 Å². The summed E-state index contributed by atoms with van der Waals surface area (Å²) in [4.78, 5) is 22.7. The lowest BCUT2D eigenvalue weighted by Gasteiger charge is -2.18. The Morgan fingerprint density at radius 1 is 1.38 bits per heavy atom. The molecule has 2 rings (SSSR count). The Hall–Kier alpha value is -2.02. The van der Waals surface area contributed by atoms with Gasteiger partial charge in [-0.05, 0) is 18.2 Å². The van der Waals surface area contributed by atoms with Crippen LogP contribution in [0.2, 0.25) is 5.02 Å². The van der Waals surface area contributed by atoms with Crippen molar-refractivity contribution in [3.63, 3.8) is 0 Å². The summed E-state index contributed by atoms with van der Waals surface area (Å²) in [7, 11) is 0. The van der Waals surface area contributed by atoms with Crippen LogP contribution in [-0.4, -0.2) is 17.3 Å². The van der Waals surface area contributed by atoms with Crippen molar-refractivity contribution in [2.24, 2.45) is 0 Å². The third-order valence-corrected chi connectivity index (χ3v) is 3.15. The summed E-state index contributed by atoms with van der Waals surface area (Å²) < 4.78 is 43.9. The average Bonchev–Trinajstić information content (AvgIpc) is 2.36. The van der Waals surface area contributed by atoms with E-state index in [4.69, 9.17) is 21.1 Å². The van der Waals surface area contributed by atoms with Gasteiger partial charge in [-0.15, -0.1) is 0 Å². The monoisotopic (exact) mass is 320 g/mol. The minimum atomic E-state index is -4.88. The first-order valence-corrected chi connectivity index (χ1v) is 6.07. The van der Waals surface area contributed by atoms with E-state index in [1.54, 1.807) is 0 Å². The molecule has 1 aromatic carbocycles. The summed E-state index contributed by atoms with van der Waals surface area (Å²) >= 11 is 5.70. The van der Waals surface area contributed by atoms with Crippen molar-refractivity contribution in [1.29, 1.82) is 0 Å². The highest BCUT2D eigenvalue weighted by Gasteiger charge is 2.43. The highest BCUT2D eigenvalue weighted by Crippen LogP contribution is 2.36. The van der Waals surface area contributed by atoms with Gasteiger partial charge in [-0.2, -0.15) is 13.2 Å². The van der Waals surface area contributed by atoms with Crippen LogP contribution in [0.25, 0.3) is 11.0 Å².